The molecule has 1 saturated carbocycles. The SMILES string of the molecule is Cc1ccc(S(=O)(=O)N(CC(=O)N(Cc2ccc(Cl)cc2)C(C)C(=O)NC2CCCC2)c2ccc(Cl)cc2C)cc1. The second-order valence-electron chi connectivity index (χ2n) is 10.6. The second kappa shape index (κ2) is 13.3. The summed E-state index contributed by atoms with van der Waals surface area (Å²) < 4.78 is 29.1. The van der Waals surface area contributed by atoms with Gasteiger partial charge in [0.05, 0.1) is 10.6 Å². The average Bonchev–Trinajstić information content (AvgIpc) is 3.44. The van der Waals surface area contributed by atoms with Gasteiger partial charge in [0.25, 0.3) is 10.0 Å². The Labute approximate surface area is 252 Å². The van der Waals surface area contributed by atoms with Crippen LogP contribution in [0.1, 0.15) is 49.3 Å². The summed E-state index contributed by atoms with van der Waals surface area (Å²) in [5.74, 6) is -0.783. The van der Waals surface area contributed by atoms with E-state index in [2.05, 4.69) is 5.32 Å². The van der Waals surface area contributed by atoms with Gasteiger partial charge in [0, 0.05) is 22.6 Å². The first-order valence-electron chi connectivity index (χ1n) is 13.7. The molecule has 41 heavy (non-hydrogen) atoms. The van der Waals surface area contributed by atoms with Crippen molar-refractivity contribution in [3.05, 3.63) is 93.5 Å². The minimum absolute atomic E-state index is 0.0570. The first-order valence-corrected chi connectivity index (χ1v) is 15.8. The number of amides is 2. The van der Waals surface area contributed by atoms with Crippen LogP contribution in [0.25, 0.3) is 0 Å². The third kappa shape index (κ3) is 7.61. The maximum absolute atomic E-state index is 14.1. The number of carbonyl (C=O) groups is 2. The highest BCUT2D eigenvalue weighted by molar-refractivity contribution is 7.92. The molecule has 3 aromatic rings. The van der Waals surface area contributed by atoms with Crippen molar-refractivity contribution >= 4 is 50.7 Å². The number of anilines is 1. The Hall–Kier alpha value is -3.07. The zero-order chi connectivity index (χ0) is 29.7. The van der Waals surface area contributed by atoms with E-state index >= 15 is 0 Å². The van der Waals surface area contributed by atoms with Crippen LogP contribution in [-0.2, 0) is 26.2 Å². The Morgan fingerprint density at radius 1 is 0.927 bits per heavy atom. The van der Waals surface area contributed by atoms with Gasteiger partial charge in [-0.25, -0.2) is 8.42 Å². The van der Waals surface area contributed by atoms with E-state index in [-0.39, 0.29) is 23.4 Å². The predicted molar refractivity (Wildman–Crippen MR) is 164 cm³/mol. The average molecular weight is 617 g/mol. The highest BCUT2D eigenvalue weighted by atomic mass is 35.5. The van der Waals surface area contributed by atoms with Crippen molar-refractivity contribution in [1.29, 1.82) is 0 Å². The molecule has 1 aliphatic carbocycles. The first kappa shape index (κ1) is 30.9. The molecule has 2 amide bonds. The molecule has 3 aromatic carbocycles. The number of hydrogen-bond donors (Lipinski definition) is 1. The molecule has 1 atom stereocenters. The van der Waals surface area contributed by atoms with E-state index in [1.807, 2.05) is 6.92 Å². The summed E-state index contributed by atoms with van der Waals surface area (Å²) >= 11 is 12.2. The van der Waals surface area contributed by atoms with Crippen LogP contribution < -0.4 is 9.62 Å². The minimum Gasteiger partial charge on any atom is -0.352 e. The predicted octanol–water partition coefficient (Wildman–Crippen LogP) is 6.28. The number of nitrogens with one attached hydrogen (secondary N) is 1. The van der Waals surface area contributed by atoms with Gasteiger partial charge in [0.1, 0.15) is 12.6 Å². The van der Waals surface area contributed by atoms with Crippen molar-refractivity contribution in [3.63, 3.8) is 0 Å². The molecule has 0 radical (unpaired) electrons. The number of aryl methyl sites for hydroxylation is 2. The zero-order valence-electron chi connectivity index (χ0n) is 23.4. The van der Waals surface area contributed by atoms with Crippen molar-refractivity contribution in [1.82, 2.24) is 10.2 Å². The number of rotatable bonds is 10. The standard InChI is InChI=1S/C31H35Cl2N3O4S/c1-21-8-15-28(16-9-21)41(39,40)36(29-17-14-26(33)18-22(29)2)20-30(37)35(19-24-10-12-25(32)13-11-24)23(3)31(38)34-27-6-4-5-7-27/h8-18,23,27H,4-7,19-20H2,1-3H3,(H,34,38). The summed E-state index contributed by atoms with van der Waals surface area (Å²) in [6.45, 7) is 4.88. The van der Waals surface area contributed by atoms with E-state index in [1.54, 1.807) is 68.4 Å². The summed E-state index contributed by atoms with van der Waals surface area (Å²) in [4.78, 5) is 28.9. The number of carbonyl (C=O) groups excluding carboxylic acids is 2. The van der Waals surface area contributed by atoms with Gasteiger partial charge in [-0.3, -0.25) is 13.9 Å². The lowest BCUT2D eigenvalue weighted by atomic mass is 10.1. The number of hydrogen-bond acceptors (Lipinski definition) is 4. The second-order valence-corrected chi connectivity index (χ2v) is 13.3. The van der Waals surface area contributed by atoms with Crippen LogP contribution in [0.15, 0.2) is 71.6 Å². The minimum atomic E-state index is -4.15. The third-order valence-electron chi connectivity index (χ3n) is 7.45. The van der Waals surface area contributed by atoms with Crippen molar-refractivity contribution in [3.8, 4) is 0 Å². The van der Waals surface area contributed by atoms with Gasteiger partial charge >= 0.3 is 0 Å². The molecule has 0 bridgehead atoms. The monoisotopic (exact) mass is 615 g/mol. The van der Waals surface area contributed by atoms with E-state index in [0.717, 1.165) is 41.1 Å². The van der Waals surface area contributed by atoms with Crippen LogP contribution in [0.2, 0.25) is 10.0 Å². The number of benzene rings is 3. The van der Waals surface area contributed by atoms with E-state index in [9.17, 15) is 18.0 Å². The lowest BCUT2D eigenvalue weighted by molar-refractivity contribution is -0.139. The Morgan fingerprint density at radius 2 is 1.54 bits per heavy atom. The summed E-state index contributed by atoms with van der Waals surface area (Å²) in [6, 6.07) is 17.6. The molecule has 0 spiro atoms. The molecule has 0 saturated heterocycles. The highest BCUT2D eigenvalue weighted by Crippen LogP contribution is 2.30. The molecular weight excluding hydrogens is 581 g/mol. The van der Waals surface area contributed by atoms with Crippen molar-refractivity contribution < 1.29 is 18.0 Å². The van der Waals surface area contributed by atoms with Crippen LogP contribution in [0, 0.1) is 13.8 Å². The van der Waals surface area contributed by atoms with Crippen LogP contribution in [-0.4, -0.2) is 43.8 Å². The lowest BCUT2D eigenvalue weighted by Crippen LogP contribution is -2.52. The summed E-state index contributed by atoms with van der Waals surface area (Å²) in [5.41, 5.74) is 2.60. The van der Waals surface area contributed by atoms with Crippen LogP contribution in [0.4, 0.5) is 5.69 Å². The maximum Gasteiger partial charge on any atom is 0.264 e. The van der Waals surface area contributed by atoms with Gasteiger partial charge in [-0.2, -0.15) is 0 Å². The van der Waals surface area contributed by atoms with Gasteiger partial charge in [-0.1, -0.05) is 65.9 Å². The first-order chi connectivity index (χ1) is 19.5. The molecule has 218 valence electrons. The molecule has 1 N–H and O–H groups in total. The van der Waals surface area contributed by atoms with Crippen LogP contribution in [0.3, 0.4) is 0 Å². The Morgan fingerprint density at radius 3 is 2.15 bits per heavy atom. The van der Waals surface area contributed by atoms with E-state index < -0.39 is 28.5 Å². The molecule has 0 heterocycles. The molecule has 1 aliphatic rings. The van der Waals surface area contributed by atoms with Crippen molar-refractivity contribution in [2.75, 3.05) is 10.8 Å². The molecule has 10 heteroatoms. The topological polar surface area (TPSA) is 86.8 Å². The van der Waals surface area contributed by atoms with Gasteiger partial charge in [-0.15, -0.1) is 0 Å². The van der Waals surface area contributed by atoms with Crippen molar-refractivity contribution in [2.45, 2.75) is 70.0 Å². The lowest BCUT2D eigenvalue weighted by Gasteiger charge is -2.33. The largest absolute Gasteiger partial charge is 0.352 e. The van der Waals surface area contributed by atoms with Gasteiger partial charge in [0.15, 0.2) is 0 Å². The van der Waals surface area contributed by atoms with Crippen LogP contribution in [0.5, 0.6) is 0 Å². The molecule has 7 nitrogen and oxygen atoms in total. The normalized spacial score (nSPS) is 14.5. The number of sulfonamides is 1. The smallest absolute Gasteiger partial charge is 0.264 e. The molecule has 1 fully saturated rings. The Balaban J connectivity index is 1.70. The molecular formula is C31H35Cl2N3O4S. The highest BCUT2D eigenvalue weighted by Gasteiger charge is 2.34. The summed E-state index contributed by atoms with van der Waals surface area (Å²) in [5, 5.41) is 4.07. The summed E-state index contributed by atoms with van der Waals surface area (Å²) in [6.07, 6.45) is 3.92. The number of nitrogens with zero attached hydrogens (tertiary/aromatic N) is 2. The van der Waals surface area contributed by atoms with E-state index in [4.69, 9.17) is 23.2 Å². The maximum atomic E-state index is 14.1. The molecule has 0 aliphatic heterocycles. The van der Waals surface area contributed by atoms with Crippen LogP contribution >= 0.6 is 23.2 Å². The zero-order valence-corrected chi connectivity index (χ0v) is 25.8. The van der Waals surface area contributed by atoms with E-state index in [1.165, 1.54) is 17.0 Å². The van der Waals surface area contributed by atoms with E-state index in [0.29, 0.717) is 21.3 Å². The molecule has 4 rings (SSSR count). The quantitative estimate of drug-likeness (QED) is 0.291. The molecule has 0 aromatic heterocycles. The number of halogens is 2. The summed E-state index contributed by atoms with van der Waals surface area (Å²) in [7, 11) is -4.15. The fraction of sp³-hybridized carbons (Fsp3) is 0.355. The Bertz CT molecular complexity index is 1490. The van der Waals surface area contributed by atoms with Crippen molar-refractivity contribution in [2.24, 2.45) is 0 Å². The fourth-order valence-corrected chi connectivity index (χ4v) is 6.84. The third-order valence-corrected chi connectivity index (χ3v) is 9.71. The van der Waals surface area contributed by atoms with Gasteiger partial charge < -0.3 is 10.2 Å². The molecule has 1 unspecified atom stereocenters. The van der Waals surface area contributed by atoms with Gasteiger partial charge in [-0.05, 0) is 87.2 Å². The fourth-order valence-electron chi connectivity index (χ4n) is 5.01. The van der Waals surface area contributed by atoms with Gasteiger partial charge in [0.2, 0.25) is 11.8 Å². The Kier molecular flexibility index (Phi) is 10.00.